The van der Waals surface area contributed by atoms with Crippen LogP contribution in [0.4, 0.5) is 0 Å². The van der Waals surface area contributed by atoms with Gasteiger partial charge in [0.15, 0.2) is 0 Å². The molecule has 1 nitrogen and oxygen atoms in total. The predicted octanol–water partition coefficient (Wildman–Crippen LogP) is 3.32. The van der Waals surface area contributed by atoms with Gasteiger partial charge in [0, 0.05) is 6.04 Å². The maximum Gasteiger partial charge on any atom is 0.00983 e. The third kappa shape index (κ3) is 2.85. The zero-order valence-corrected chi connectivity index (χ0v) is 10.5. The number of nitrogens with one attached hydrogen (secondary N) is 1. The number of hydrogen-bond acceptors (Lipinski definition) is 1. The smallest absolute Gasteiger partial charge is 0.00983 e. The Hall–Kier alpha value is -0.820. The normalized spacial score (nSPS) is 24.9. The summed E-state index contributed by atoms with van der Waals surface area (Å²) in [5, 5.41) is 3.63. The Labute approximate surface area is 99.3 Å². The van der Waals surface area contributed by atoms with Gasteiger partial charge in [-0.2, -0.15) is 0 Å². The molecule has 1 aromatic rings. The average molecular weight is 217 g/mol. The molecule has 0 spiro atoms. The van der Waals surface area contributed by atoms with Crippen molar-refractivity contribution in [3.8, 4) is 0 Å². The van der Waals surface area contributed by atoms with Crippen molar-refractivity contribution in [3.05, 3.63) is 35.4 Å². The van der Waals surface area contributed by atoms with E-state index in [2.05, 4.69) is 43.4 Å². The van der Waals surface area contributed by atoms with Gasteiger partial charge in [-0.3, -0.25) is 0 Å². The van der Waals surface area contributed by atoms with Crippen molar-refractivity contribution < 1.29 is 0 Å². The molecule has 2 unspecified atom stereocenters. The molecule has 2 atom stereocenters. The van der Waals surface area contributed by atoms with Crippen molar-refractivity contribution in [2.45, 2.75) is 45.6 Å². The molecule has 1 heteroatoms. The Morgan fingerprint density at radius 3 is 2.94 bits per heavy atom. The van der Waals surface area contributed by atoms with E-state index in [-0.39, 0.29) is 0 Å². The minimum atomic E-state index is 0.755. The minimum absolute atomic E-state index is 0.755. The first-order valence-electron chi connectivity index (χ1n) is 6.58. The summed E-state index contributed by atoms with van der Waals surface area (Å²) in [5.74, 6) is 0.849. The van der Waals surface area contributed by atoms with Gasteiger partial charge in [0.25, 0.3) is 0 Å². The fraction of sp³-hybridized carbons (Fsp3) is 0.600. The van der Waals surface area contributed by atoms with E-state index in [0.29, 0.717) is 0 Å². The van der Waals surface area contributed by atoms with Crippen LogP contribution in [0.2, 0.25) is 0 Å². The SMILES string of the molecule is CCNC1CCCC1Cc1cccc(C)c1. The highest BCUT2D eigenvalue weighted by atomic mass is 14.9. The predicted molar refractivity (Wildman–Crippen MR) is 69.7 cm³/mol. The van der Waals surface area contributed by atoms with E-state index < -0.39 is 0 Å². The molecule has 1 aliphatic rings. The number of rotatable bonds is 4. The molecule has 1 N–H and O–H groups in total. The zero-order chi connectivity index (χ0) is 11.4. The number of benzene rings is 1. The molecule has 1 aliphatic carbocycles. The molecular weight excluding hydrogens is 194 g/mol. The second-order valence-corrected chi connectivity index (χ2v) is 5.05. The Balaban J connectivity index is 1.98. The lowest BCUT2D eigenvalue weighted by atomic mass is 9.94. The Bertz CT molecular complexity index is 332. The van der Waals surface area contributed by atoms with Gasteiger partial charge in [-0.25, -0.2) is 0 Å². The van der Waals surface area contributed by atoms with Crippen LogP contribution in [0.5, 0.6) is 0 Å². The lowest BCUT2D eigenvalue weighted by molar-refractivity contribution is 0.406. The van der Waals surface area contributed by atoms with Crippen LogP contribution in [0.3, 0.4) is 0 Å². The lowest BCUT2D eigenvalue weighted by Crippen LogP contribution is -2.33. The van der Waals surface area contributed by atoms with Crippen LogP contribution in [-0.2, 0) is 6.42 Å². The zero-order valence-electron chi connectivity index (χ0n) is 10.5. The summed E-state index contributed by atoms with van der Waals surface area (Å²) < 4.78 is 0. The minimum Gasteiger partial charge on any atom is -0.314 e. The second kappa shape index (κ2) is 5.49. The third-order valence-electron chi connectivity index (χ3n) is 3.71. The van der Waals surface area contributed by atoms with E-state index in [0.717, 1.165) is 18.5 Å². The number of hydrogen-bond donors (Lipinski definition) is 1. The van der Waals surface area contributed by atoms with E-state index in [4.69, 9.17) is 0 Å². The first kappa shape index (κ1) is 11.7. The van der Waals surface area contributed by atoms with Gasteiger partial charge < -0.3 is 5.32 Å². The van der Waals surface area contributed by atoms with Crippen molar-refractivity contribution in [2.24, 2.45) is 5.92 Å². The van der Waals surface area contributed by atoms with Crippen LogP contribution in [0.1, 0.15) is 37.3 Å². The highest BCUT2D eigenvalue weighted by molar-refractivity contribution is 5.23. The third-order valence-corrected chi connectivity index (χ3v) is 3.71. The Morgan fingerprint density at radius 1 is 1.31 bits per heavy atom. The summed E-state index contributed by atoms with van der Waals surface area (Å²) in [5.41, 5.74) is 2.89. The van der Waals surface area contributed by atoms with E-state index in [1.165, 1.54) is 36.8 Å². The maximum absolute atomic E-state index is 3.63. The second-order valence-electron chi connectivity index (χ2n) is 5.05. The number of aryl methyl sites for hydroxylation is 1. The van der Waals surface area contributed by atoms with Gasteiger partial charge in [-0.15, -0.1) is 0 Å². The molecule has 0 aliphatic heterocycles. The molecule has 1 saturated carbocycles. The van der Waals surface area contributed by atoms with Crippen LogP contribution >= 0.6 is 0 Å². The van der Waals surface area contributed by atoms with Crippen molar-refractivity contribution in [1.29, 1.82) is 0 Å². The van der Waals surface area contributed by atoms with Crippen LogP contribution in [0.25, 0.3) is 0 Å². The molecule has 1 aromatic carbocycles. The van der Waals surface area contributed by atoms with E-state index in [1.54, 1.807) is 0 Å². The first-order chi connectivity index (χ1) is 7.79. The van der Waals surface area contributed by atoms with E-state index in [1.807, 2.05) is 0 Å². The van der Waals surface area contributed by atoms with E-state index >= 15 is 0 Å². The molecule has 16 heavy (non-hydrogen) atoms. The molecule has 88 valence electrons. The topological polar surface area (TPSA) is 12.0 Å². The fourth-order valence-electron chi connectivity index (χ4n) is 2.95. The van der Waals surface area contributed by atoms with Crippen LogP contribution in [0.15, 0.2) is 24.3 Å². The van der Waals surface area contributed by atoms with Gasteiger partial charge in [0.2, 0.25) is 0 Å². The maximum atomic E-state index is 3.63. The standard InChI is InChI=1S/C15H23N/c1-3-16-15-9-5-8-14(15)11-13-7-4-6-12(2)10-13/h4,6-7,10,14-16H,3,5,8-9,11H2,1-2H3. The molecule has 1 fully saturated rings. The molecule has 0 amide bonds. The fourth-order valence-corrected chi connectivity index (χ4v) is 2.95. The van der Waals surface area contributed by atoms with Crippen molar-refractivity contribution >= 4 is 0 Å². The van der Waals surface area contributed by atoms with Crippen LogP contribution in [0, 0.1) is 12.8 Å². The molecular formula is C15H23N. The summed E-state index contributed by atoms with van der Waals surface area (Å²) in [6.07, 6.45) is 5.41. The molecule has 0 bridgehead atoms. The molecule has 0 radical (unpaired) electrons. The van der Waals surface area contributed by atoms with Crippen LogP contribution < -0.4 is 5.32 Å². The quantitative estimate of drug-likeness (QED) is 0.816. The first-order valence-corrected chi connectivity index (χ1v) is 6.58. The monoisotopic (exact) mass is 217 g/mol. The average Bonchev–Trinajstić information content (AvgIpc) is 2.66. The molecule has 2 rings (SSSR count). The van der Waals surface area contributed by atoms with E-state index in [9.17, 15) is 0 Å². The Morgan fingerprint density at radius 2 is 2.19 bits per heavy atom. The molecule has 0 saturated heterocycles. The van der Waals surface area contributed by atoms with Gasteiger partial charge in [-0.05, 0) is 44.2 Å². The van der Waals surface area contributed by atoms with Gasteiger partial charge in [0.05, 0.1) is 0 Å². The molecule has 0 aromatic heterocycles. The van der Waals surface area contributed by atoms with Crippen molar-refractivity contribution in [3.63, 3.8) is 0 Å². The summed E-state index contributed by atoms with van der Waals surface area (Å²) >= 11 is 0. The van der Waals surface area contributed by atoms with Gasteiger partial charge in [0.1, 0.15) is 0 Å². The molecule has 0 heterocycles. The largest absolute Gasteiger partial charge is 0.314 e. The van der Waals surface area contributed by atoms with Crippen LogP contribution in [-0.4, -0.2) is 12.6 Å². The highest BCUT2D eigenvalue weighted by Gasteiger charge is 2.26. The highest BCUT2D eigenvalue weighted by Crippen LogP contribution is 2.28. The Kier molecular flexibility index (Phi) is 4.00. The summed E-state index contributed by atoms with van der Waals surface area (Å²) in [7, 11) is 0. The summed E-state index contributed by atoms with van der Waals surface area (Å²) in [6, 6.07) is 9.72. The lowest BCUT2D eigenvalue weighted by Gasteiger charge is -2.20. The van der Waals surface area contributed by atoms with Crippen molar-refractivity contribution in [1.82, 2.24) is 5.32 Å². The van der Waals surface area contributed by atoms with Crippen molar-refractivity contribution in [2.75, 3.05) is 6.54 Å². The van der Waals surface area contributed by atoms with Gasteiger partial charge in [-0.1, -0.05) is 43.2 Å². The van der Waals surface area contributed by atoms with Gasteiger partial charge >= 0.3 is 0 Å². The summed E-state index contributed by atoms with van der Waals surface area (Å²) in [4.78, 5) is 0. The summed E-state index contributed by atoms with van der Waals surface area (Å²) in [6.45, 7) is 5.50.